The zero-order valence-corrected chi connectivity index (χ0v) is 13.7. The van der Waals surface area contributed by atoms with Crippen LogP contribution in [0.4, 0.5) is 0 Å². The van der Waals surface area contributed by atoms with Gasteiger partial charge in [-0.05, 0) is 24.1 Å². The van der Waals surface area contributed by atoms with Crippen molar-refractivity contribution in [3.63, 3.8) is 0 Å². The number of nitrogens with one attached hydrogen (secondary N) is 1. The van der Waals surface area contributed by atoms with Gasteiger partial charge < -0.3 is 10.1 Å². The Morgan fingerprint density at radius 2 is 1.80 bits per heavy atom. The Hall–Kier alpha value is -2.92. The number of ether oxygens (including phenoxy) is 1. The molecule has 1 fully saturated rings. The minimum absolute atomic E-state index is 0.0472. The van der Waals surface area contributed by atoms with Gasteiger partial charge in [-0.2, -0.15) is 0 Å². The second kappa shape index (κ2) is 6.91. The van der Waals surface area contributed by atoms with Gasteiger partial charge in [-0.15, -0.1) is 0 Å². The van der Waals surface area contributed by atoms with E-state index in [9.17, 15) is 4.79 Å². The normalized spacial score (nSPS) is 19.7. The van der Waals surface area contributed by atoms with Gasteiger partial charge in [0, 0.05) is 12.3 Å². The summed E-state index contributed by atoms with van der Waals surface area (Å²) in [6.45, 7) is 0.641. The lowest BCUT2D eigenvalue weighted by molar-refractivity contribution is 0.0816. The quantitative estimate of drug-likeness (QED) is 0.798. The van der Waals surface area contributed by atoms with E-state index in [1.165, 1.54) is 0 Å². The SMILES string of the molecule is O=C(N[C@H]1CCO[C@@H]1c1ccccc1)c1cncn1-c1ccccc1. The molecule has 0 unspecified atom stereocenters. The Morgan fingerprint density at radius 3 is 2.56 bits per heavy atom. The highest BCUT2D eigenvalue weighted by atomic mass is 16.5. The van der Waals surface area contributed by atoms with E-state index < -0.39 is 0 Å². The summed E-state index contributed by atoms with van der Waals surface area (Å²) in [5.74, 6) is -0.141. The van der Waals surface area contributed by atoms with Crippen LogP contribution in [0.1, 0.15) is 28.6 Å². The van der Waals surface area contributed by atoms with Crippen molar-refractivity contribution in [1.29, 1.82) is 0 Å². The van der Waals surface area contributed by atoms with Crippen molar-refractivity contribution < 1.29 is 9.53 Å². The summed E-state index contributed by atoms with van der Waals surface area (Å²) in [7, 11) is 0. The van der Waals surface area contributed by atoms with Crippen molar-refractivity contribution in [3.8, 4) is 5.69 Å². The van der Waals surface area contributed by atoms with Crippen LogP contribution >= 0.6 is 0 Å². The number of para-hydroxylation sites is 1. The second-order valence-corrected chi connectivity index (χ2v) is 6.06. The van der Waals surface area contributed by atoms with Crippen LogP contribution in [-0.4, -0.2) is 28.1 Å². The molecule has 25 heavy (non-hydrogen) atoms. The molecule has 1 aliphatic heterocycles. The third-order valence-electron chi connectivity index (χ3n) is 4.44. The molecule has 1 aromatic heterocycles. The van der Waals surface area contributed by atoms with Crippen molar-refractivity contribution in [2.24, 2.45) is 0 Å². The molecule has 2 heterocycles. The number of nitrogens with zero attached hydrogens (tertiary/aromatic N) is 2. The summed E-state index contributed by atoms with van der Waals surface area (Å²) in [6, 6.07) is 19.7. The van der Waals surface area contributed by atoms with Gasteiger partial charge in [-0.25, -0.2) is 4.98 Å². The smallest absolute Gasteiger partial charge is 0.270 e. The minimum Gasteiger partial charge on any atom is -0.371 e. The van der Waals surface area contributed by atoms with Crippen LogP contribution in [-0.2, 0) is 4.74 Å². The molecule has 2 aromatic carbocycles. The van der Waals surface area contributed by atoms with E-state index in [1.54, 1.807) is 17.1 Å². The molecule has 2 atom stereocenters. The van der Waals surface area contributed by atoms with Gasteiger partial charge in [0.05, 0.1) is 18.6 Å². The van der Waals surface area contributed by atoms with Crippen molar-refractivity contribution in [1.82, 2.24) is 14.9 Å². The minimum atomic E-state index is -0.141. The maximum atomic E-state index is 12.8. The largest absolute Gasteiger partial charge is 0.371 e. The Morgan fingerprint density at radius 1 is 1.08 bits per heavy atom. The van der Waals surface area contributed by atoms with Gasteiger partial charge >= 0.3 is 0 Å². The summed E-state index contributed by atoms with van der Waals surface area (Å²) >= 11 is 0. The number of aromatic nitrogens is 2. The molecule has 5 nitrogen and oxygen atoms in total. The van der Waals surface area contributed by atoms with Crippen LogP contribution in [0.5, 0.6) is 0 Å². The monoisotopic (exact) mass is 333 g/mol. The molecule has 0 aliphatic carbocycles. The summed E-state index contributed by atoms with van der Waals surface area (Å²) in [5.41, 5.74) is 2.51. The highest BCUT2D eigenvalue weighted by Crippen LogP contribution is 2.29. The fourth-order valence-corrected chi connectivity index (χ4v) is 3.21. The molecule has 1 saturated heterocycles. The average Bonchev–Trinajstić information content (AvgIpc) is 3.32. The van der Waals surface area contributed by atoms with E-state index in [0.717, 1.165) is 17.7 Å². The highest BCUT2D eigenvalue weighted by Gasteiger charge is 2.31. The summed E-state index contributed by atoms with van der Waals surface area (Å²) in [4.78, 5) is 16.9. The molecule has 3 aromatic rings. The number of hydrogen-bond acceptors (Lipinski definition) is 3. The zero-order valence-electron chi connectivity index (χ0n) is 13.7. The second-order valence-electron chi connectivity index (χ2n) is 6.06. The molecule has 4 rings (SSSR count). The van der Waals surface area contributed by atoms with Gasteiger partial charge in [-0.3, -0.25) is 9.36 Å². The van der Waals surface area contributed by atoms with Crippen molar-refractivity contribution in [2.75, 3.05) is 6.61 Å². The number of rotatable bonds is 4. The fraction of sp³-hybridized carbons (Fsp3) is 0.200. The van der Waals surface area contributed by atoms with E-state index in [0.29, 0.717) is 12.3 Å². The first-order chi connectivity index (χ1) is 12.3. The molecule has 0 spiro atoms. The summed E-state index contributed by atoms with van der Waals surface area (Å²) < 4.78 is 7.64. The van der Waals surface area contributed by atoms with Crippen LogP contribution in [0.3, 0.4) is 0 Å². The van der Waals surface area contributed by atoms with Crippen LogP contribution in [0, 0.1) is 0 Å². The number of benzene rings is 2. The van der Waals surface area contributed by atoms with E-state index >= 15 is 0 Å². The molecule has 1 aliphatic rings. The maximum absolute atomic E-state index is 12.8. The lowest BCUT2D eigenvalue weighted by Crippen LogP contribution is -2.37. The topological polar surface area (TPSA) is 56.1 Å². The highest BCUT2D eigenvalue weighted by molar-refractivity contribution is 5.93. The lowest BCUT2D eigenvalue weighted by Gasteiger charge is -2.20. The predicted octanol–water partition coefficient (Wildman–Crippen LogP) is 3.13. The van der Waals surface area contributed by atoms with Gasteiger partial charge in [0.15, 0.2) is 0 Å². The van der Waals surface area contributed by atoms with E-state index in [1.807, 2.05) is 60.7 Å². The molecular weight excluding hydrogens is 314 g/mol. The first kappa shape index (κ1) is 15.6. The van der Waals surface area contributed by atoms with Gasteiger partial charge in [-0.1, -0.05) is 48.5 Å². The first-order valence-corrected chi connectivity index (χ1v) is 8.38. The van der Waals surface area contributed by atoms with Crippen molar-refractivity contribution >= 4 is 5.91 Å². The molecule has 1 amide bonds. The van der Waals surface area contributed by atoms with Gasteiger partial charge in [0.2, 0.25) is 0 Å². The molecule has 126 valence electrons. The molecular formula is C20H19N3O2. The zero-order chi connectivity index (χ0) is 17.1. The van der Waals surface area contributed by atoms with Crippen LogP contribution in [0.2, 0.25) is 0 Å². The van der Waals surface area contributed by atoms with E-state index in [2.05, 4.69) is 10.3 Å². The third kappa shape index (κ3) is 3.19. The number of amides is 1. The number of carbonyl (C=O) groups excluding carboxylic acids is 1. The van der Waals surface area contributed by atoms with E-state index in [4.69, 9.17) is 4.74 Å². The molecule has 0 radical (unpaired) electrons. The Labute approximate surface area is 146 Å². The number of carbonyl (C=O) groups is 1. The van der Waals surface area contributed by atoms with E-state index in [-0.39, 0.29) is 18.1 Å². The van der Waals surface area contributed by atoms with Crippen LogP contribution in [0.25, 0.3) is 5.69 Å². The number of hydrogen-bond donors (Lipinski definition) is 1. The Bertz CT molecular complexity index is 846. The van der Waals surface area contributed by atoms with Crippen LogP contribution in [0.15, 0.2) is 73.2 Å². The Kier molecular flexibility index (Phi) is 4.31. The predicted molar refractivity (Wildman–Crippen MR) is 94.6 cm³/mol. The molecule has 1 N–H and O–H groups in total. The van der Waals surface area contributed by atoms with Crippen molar-refractivity contribution in [3.05, 3.63) is 84.4 Å². The first-order valence-electron chi connectivity index (χ1n) is 8.38. The molecule has 5 heteroatoms. The third-order valence-corrected chi connectivity index (χ3v) is 4.44. The lowest BCUT2D eigenvalue weighted by atomic mass is 10.0. The fourth-order valence-electron chi connectivity index (χ4n) is 3.21. The maximum Gasteiger partial charge on any atom is 0.270 e. The number of imidazole rings is 1. The van der Waals surface area contributed by atoms with Crippen LogP contribution < -0.4 is 5.32 Å². The molecule has 0 bridgehead atoms. The van der Waals surface area contributed by atoms with Crippen molar-refractivity contribution in [2.45, 2.75) is 18.6 Å². The Balaban J connectivity index is 1.54. The molecule has 0 saturated carbocycles. The standard InChI is InChI=1S/C20H19N3O2/c24-20(18-13-21-14-23(18)16-9-5-2-6-10-16)22-17-11-12-25-19(17)15-7-3-1-4-8-15/h1-10,13-14,17,19H,11-12H2,(H,22,24)/t17-,19+/m0/s1. The summed E-state index contributed by atoms with van der Waals surface area (Å²) in [6.07, 6.45) is 3.93. The summed E-state index contributed by atoms with van der Waals surface area (Å²) in [5, 5.41) is 3.12. The average molecular weight is 333 g/mol. The van der Waals surface area contributed by atoms with Gasteiger partial charge in [0.1, 0.15) is 11.8 Å². The van der Waals surface area contributed by atoms with Gasteiger partial charge in [0.25, 0.3) is 5.91 Å².